The molecule has 5 nitrogen and oxygen atoms in total. The standard InChI is InChI=1S/C19H18N4O/c1-2-14-5-7-16(8-6-14)22-17-9-10-18(21-13-17)23-19(24)15-4-3-11-20-12-15/h3-13,22H,2H2,1H3,(H,21,23,24). The Balaban J connectivity index is 1.63. The monoisotopic (exact) mass is 318 g/mol. The Morgan fingerprint density at radius 3 is 2.42 bits per heavy atom. The van der Waals surface area contributed by atoms with Crippen LogP contribution in [-0.2, 0) is 6.42 Å². The van der Waals surface area contributed by atoms with E-state index in [1.165, 1.54) is 11.8 Å². The molecule has 0 bridgehead atoms. The van der Waals surface area contributed by atoms with Gasteiger partial charge in [-0.1, -0.05) is 19.1 Å². The number of hydrogen-bond acceptors (Lipinski definition) is 4. The summed E-state index contributed by atoms with van der Waals surface area (Å²) in [6.07, 6.45) is 5.85. The lowest BCUT2D eigenvalue weighted by Gasteiger charge is -2.08. The molecule has 0 radical (unpaired) electrons. The van der Waals surface area contributed by atoms with Crippen molar-refractivity contribution in [1.29, 1.82) is 0 Å². The highest BCUT2D eigenvalue weighted by molar-refractivity contribution is 6.03. The molecule has 0 saturated heterocycles. The first-order chi connectivity index (χ1) is 11.7. The zero-order valence-electron chi connectivity index (χ0n) is 13.4. The maximum absolute atomic E-state index is 12.0. The minimum Gasteiger partial charge on any atom is -0.354 e. The summed E-state index contributed by atoms with van der Waals surface area (Å²) in [6.45, 7) is 2.13. The fourth-order valence-electron chi connectivity index (χ4n) is 2.22. The van der Waals surface area contributed by atoms with Crippen molar-refractivity contribution in [3.8, 4) is 0 Å². The van der Waals surface area contributed by atoms with Gasteiger partial charge in [-0.25, -0.2) is 4.98 Å². The average molecular weight is 318 g/mol. The van der Waals surface area contributed by atoms with Gasteiger partial charge in [0.1, 0.15) is 5.82 Å². The van der Waals surface area contributed by atoms with Crippen molar-refractivity contribution in [3.63, 3.8) is 0 Å². The van der Waals surface area contributed by atoms with Crippen LogP contribution >= 0.6 is 0 Å². The highest BCUT2D eigenvalue weighted by Crippen LogP contribution is 2.18. The fraction of sp³-hybridized carbons (Fsp3) is 0.105. The molecular weight excluding hydrogens is 300 g/mol. The van der Waals surface area contributed by atoms with Crippen LogP contribution in [0.2, 0.25) is 0 Å². The van der Waals surface area contributed by atoms with Gasteiger partial charge in [-0.15, -0.1) is 0 Å². The Labute approximate surface area is 140 Å². The molecule has 1 amide bonds. The Hall–Kier alpha value is -3.21. The number of rotatable bonds is 5. The van der Waals surface area contributed by atoms with E-state index in [0.29, 0.717) is 11.4 Å². The summed E-state index contributed by atoms with van der Waals surface area (Å²) in [5.41, 5.74) is 3.66. The molecule has 1 aromatic carbocycles. The second-order valence-corrected chi connectivity index (χ2v) is 5.30. The molecule has 0 aliphatic rings. The quantitative estimate of drug-likeness (QED) is 0.745. The Bertz CT molecular complexity index is 799. The van der Waals surface area contributed by atoms with Gasteiger partial charge in [-0.05, 0) is 48.4 Å². The van der Waals surface area contributed by atoms with Crippen LogP contribution in [0.5, 0.6) is 0 Å². The van der Waals surface area contributed by atoms with E-state index in [1.807, 2.05) is 18.2 Å². The molecule has 0 aliphatic carbocycles. The number of benzene rings is 1. The zero-order chi connectivity index (χ0) is 16.8. The number of carbonyl (C=O) groups is 1. The summed E-state index contributed by atoms with van der Waals surface area (Å²) >= 11 is 0. The molecule has 3 aromatic rings. The molecule has 0 saturated carbocycles. The van der Waals surface area contributed by atoms with Gasteiger partial charge in [0.2, 0.25) is 0 Å². The molecule has 0 spiro atoms. The minimum absolute atomic E-state index is 0.230. The summed E-state index contributed by atoms with van der Waals surface area (Å²) in [4.78, 5) is 20.2. The van der Waals surface area contributed by atoms with Crippen LogP contribution in [0.25, 0.3) is 0 Å². The second kappa shape index (κ2) is 7.37. The van der Waals surface area contributed by atoms with Crippen LogP contribution in [0, 0.1) is 0 Å². The molecule has 0 atom stereocenters. The summed E-state index contributed by atoms with van der Waals surface area (Å²) in [6, 6.07) is 15.3. The second-order valence-electron chi connectivity index (χ2n) is 5.30. The topological polar surface area (TPSA) is 66.9 Å². The summed E-state index contributed by atoms with van der Waals surface area (Å²) in [7, 11) is 0. The minimum atomic E-state index is -0.230. The first kappa shape index (κ1) is 15.7. The molecule has 24 heavy (non-hydrogen) atoms. The number of anilines is 3. The van der Waals surface area contributed by atoms with E-state index in [4.69, 9.17) is 0 Å². The van der Waals surface area contributed by atoms with Gasteiger partial charge in [0.15, 0.2) is 0 Å². The van der Waals surface area contributed by atoms with Crippen LogP contribution in [0.3, 0.4) is 0 Å². The number of nitrogens with one attached hydrogen (secondary N) is 2. The lowest BCUT2D eigenvalue weighted by molar-refractivity contribution is 0.102. The number of aryl methyl sites for hydroxylation is 1. The van der Waals surface area contributed by atoms with Crippen LogP contribution in [0.15, 0.2) is 67.1 Å². The normalized spacial score (nSPS) is 10.2. The molecular formula is C19H18N4O. The number of pyridine rings is 2. The molecule has 2 heterocycles. The third-order valence-corrected chi connectivity index (χ3v) is 3.58. The number of hydrogen-bond donors (Lipinski definition) is 2. The van der Waals surface area contributed by atoms with Gasteiger partial charge in [0.25, 0.3) is 5.91 Å². The van der Waals surface area contributed by atoms with E-state index in [9.17, 15) is 4.79 Å². The zero-order valence-corrected chi connectivity index (χ0v) is 13.4. The predicted octanol–water partition coefficient (Wildman–Crippen LogP) is 4.03. The summed E-state index contributed by atoms with van der Waals surface area (Å²) < 4.78 is 0. The Morgan fingerprint density at radius 1 is 1.00 bits per heavy atom. The highest BCUT2D eigenvalue weighted by atomic mass is 16.1. The third-order valence-electron chi connectivity index (χ3n) is 3.58. The van der Waals surface area contributed by atoms with Crippen LogP contribution in [0.4, 0.5) is 17.2 Å². The van der Waals surface area contributed by atoms with Crippen molar-refractivity contribution in [2.24, 2.45) is 0 Å². The molecule has 0 unspecified atom stereocenters. The average Bonchev–Trinajstić information content (AvgIpc) is 2.65. The van der Waals surface area contributed by atoms with Crippen molar-refractivity contribution in [1.82, 2.24) is 9.97 Å². The summed E-state index contributed by atoms with van der Waals surface area (Å²) in [5, 5.41) is 6.03. The van der Waals surface area contributed by atoms with Crippen molar-refractivity contribution < 1.29 is 4.79 Å². The van der Waals surface area contributed by atoms with Gasteiger partial charge < -0.3 is 10.6 Å². The maximum Gasteiger partial charge on any atom is 0.258 e. The van der Waals surface area contributed by atoms with E-state index >= 15 is 0 Å². The van der Waals surface area contributed by atoms with Crippen molar-refractivity contribution >= 4 is 23.1 Å². The van der Waals surface area contributed by atoms with Gasteiger partial charge in [0, 0.05) is 18.1 Å². The number of nitrogens with zero attached hydrogens (tertiary/aromatic N) is 2. The van der Waals surface area contributed by atoms with E-state index < -0.39 is 0 Å². The largest absolute Gasteiger partial charge is 0.354 e. The molecule has 0 fully saturated rings. The van der Waals surface area contributed by atoms with Crippen molar-refractivity contribution in [3.05, 3.63) is 78.2 Å². The maximum atomic E-state index is 12.0. The summed E-state index contributed by atoms with van der Waals surface area (Å²) in [5.74, 6) is 0.266. The molecule has 120 valence electrons. The van der Waals surface area contributed by atoms with E-state index in [0.717, 1.165) is 17.8 Å². The van der Waals surface area contributed by atoms with Gasteiger partial charge >= 0.3 is 0 Å². The molecule has 2 aromatic heterocycles. The molecule has 5 heteroatoms. The smallest absolute Gasteiger partial charge is 0.258 e. The molecule has 2 N–H and O–H groups in total. The molecule has 3 rings (SSSR count). The predicted molar refractivity (Wildman–Crippen MR) is 95.5 cm³/mol. The Kier molecular flexibility index (Phi) is 4.81. The first-order valence-electron chi connectivity index (χ1n) is 7.78. The highest BCUT2D eigenvalue weighted by Gasteiger charge is 2.06. The van der Waals surface area contributed by atoms with Crippen LogP contribution in [-0.4, -0.2) is 15.9 Å². The Morgan fingerprint density at radius 2 is 1.79 bits per heavy atom. The van der Waals surface area contributed by atoms with Gasteiger partial charge in [-0.2, -0.15) is 0 Å². The number of amides is 1. The number of aromatic nitrogens is 2. The first-order valence-corrected chi connectivity index (χ1v) is 7.78. The van der Waals surface area contributed by atoms with E-state index in [-0.39, 0.29) is 5.91 Å². The lowest BCUT2D eigenvalue weighted by atomic mass is 10.1. The van der Waals surface area contributed by atoms with Gasteiger partial charge in [-0.3, -0.25) is 9.78 Å². The lowest BCUT2D eigenvalue weighted by Crippen LogP contribution is -2.13. The van der Waals surface area contributed by atoms with E-state index in [1.54, 1.807) is 30.6 Å². The van der Waals surface area contributed by atoms with Crippen molar-refractivity contribution in [2.45, 2.75) is 13.3 Å². The number of carbonyl (C=O) groups excluding carboxylic acids is 1. The van der Waals surface area contributed by atoms with E-state index in [2.05, 4.69) is 39.7 Å². The SMILES string of the molecule is CCc1ccc(Nc2ccc(NC(=O)c3cccnc3)nc2)cc1. The van der Waals surface area contributed by atoms with Gasteiger partial charge in [0.05, 0.1) is 17.4 Å². The van der Waals surface area contributed by atoms with Crippen LogP contribution in [0.1, 0.15) is 22.8 Å². The third kappa shape index (κ3) is 3.95. The van der Waals surface area contributed by atoms with Crippen molar-refractivity contribution in [2.75, 3.05) is 10.6 Å². The fourth-order valence-corrected chi connectivity index (χ4v) is 2.22. The van der Waals surface area contributed by atoms with Crippen LogP contribution < -0.4 is 10.6 Å². The molecule has 0 aliphatic heterocycles.